The molecule has 0 radical (unpaired) electrons. The predicted molar refractivity (Wildman–Crippen MR) is 121 cm³/mol. The maximum atomic E-state index is 12.4. The molecule has 8 heteroatoms. The fraction of sp³-hybridized carbons (Fsp3) is 0.304. The van der Waals surface area contributed by atoms with E-state index >= 15 is 0 Å². The van der Waals surface area contributed by atoms with Gasteiger partial charge in [0.2, 0.25) is 5.91 Å². The van der Waals surface area contributed by atoms with Crippen molar-refractivity contribution in [2.24, 2.45) is 0 Å². The summed E-state index contributed by atoms with van der Waals surface area (Å²) in [7, 11) is -3.79. The molecule has 1 heterocycles. The summed E-state index contributed by atoms with van der Waals surface area (Å²) < 4.78 is 32.0. The van der Waals surface area contributed by atoms with Crippen LogP contribution in [0.2, 0.25) is 0 Å². The van der Waals surface area contributed by atoms with E-state index in [1.165, 1.54) is 23.8 Å². The number of hydrogen-bond donors (Lipinski definition) is 2. The molecule has 7 nitrogen and oxygen atoms in total. The van der Waals surface area contributed by atoms with Crippen molar-refractivity contribution in [3.8, 4) is 0 Å². The fourth-order valence-corrected chi connectivity index (χ4v) is 3.97. The van der Waals surface area contributed by atoms with Gasteiger partial charge in [-0.3, -0.25) is 9.52 Å². The molecule has 2 aromatic carbocycles. The summed E-state index contributed by atoms with van der Waals surface area (Å²) in [4.78, 5) is 12.3. The molecule has 0 aliphatic rings. The van der Waals surface area contributed by atoms with Crippen LogP contribution in [0.3, 0.4) is 0 Å². The highest BCUT2D eigenvalue weighted by molar-refractivity contribution is 7.92. The molecule has 0 saturated carbocycles. The maximum absolute atomic E-state index is 12.4. The summed E-state index contributed by atoms with van der Waals surface area (Å²) in [6.07, 6.45) is 0.964. The number of carbonyl (C=O) groups excluding carboxylic acids is 1. The van der Waals surface area contributed by atoms with Crippen molar-refractivity contribution in [2.75, 3.05) is 10.0 Å². The van der Waals surface area contributed by atoms with Gasteiger partial charge in [-0.15, -0.1) is 0 Å². The summed E-state index contributed by atoms with van der Waals surface area (Å²) in [5, 5.41) is 6.42. The highest BCUT2D eigenvalue weighted by atomic mass is 32.2. The van der Waals surface area contributed by atoms with E-state index in [1.54, 1.807) is 19.1 Å². The van der Waals surface area contributed by atoms with Gasteiger partial charge in [0.1, 0.15) is 5.76 Å². The topological polar surface area (TPSA) is 101 Å². The van der Waals surface area contributed by atoms with Crippen molar-refractivity contribution in [3.63, 3.8) is 0 Å². The second kappa shape index (κ2) is 8.93. The Balaban J connectivity index is 1.55. The number of benzene rings is 2. The predicted octanol–water partition coefficient (Wildman–Crippen LogP) is 4.65. The third-order valence-corrected chi connectivity index (χ3v) is 6.15. The van der Waals surface area contributed by atoms with Crippen LogP contribution in [0.5, 0.6) is 0 Å². The average Bonchev–Trinajstić information content (AvgIpc) is 3.10. The Morgan fingerprint density at radius 2 is 1.68 bits per heavy atom. The standard InChI is InChI=1S/C23H27N3O4S/c1-16-15-21(25-30-16)26-31(28,29)20-12-10-19(11-13-20)24-22(27)14-7-17-5-8-18(9-6-17)23(2,3)4/h5-6,8-13,15H,7,14H2,1-4H3,(H,24,27)(H,25,26). The van der Waals surface area contributed by atoms with Gasteiger partial charge in [0.05, 0.1) is 4.90 Å². The number of aromatic nitrogens is 1. The molecule has 1 aromatic heterocycles. The lowest BCUT2D eigenvalue weighted by Crippen LogP contribution is -2.14. The highest BCUT2D eigenvalue weighted by Gasteiger charge is 2.16. The largest absolute Gasteiger partial charge is 0.360 e. The number of sulfonamides is 1. The number of anilines is 2. The van der Waals surface area contributed by atoms with Crippen LogP contribution in [0.15, 0.2) is 64.0 Å². The normalized spacial score (nSPS) is 11.9. The highest BCUT2D eigenvalue weighted by Crippen LogP contribution is 2.23. The molecule has 31 heavy (non-hydrogen) atoms. The van der Waals surface area contributed by atoms with Gasteiger partial charge < -0.3 is 9.84 Å². The summed E-state index contributed by atoms with van der Waals surface area (Å²) in [5.74, 6) is 0.484. The lowest BCUT2D eigenvalue weighted by molar-refractivity contribution is -0.116. The first-order chi connectivity index (χ1) is 14.5. The minimum Gasteiger partial charge on any atom is -0.360 e. The zero-order valence-corrected chi connectivity index (χ0v) is 18.9. The van der Waals surface area contributed by atoms with Gasteiger partial charge in [0, 0.05) is 18.2 Å². The molecule has 3 rings (SSSR count). The Morgan fingerprint density at radius 3 is 2.23 bits per heavy atom. The number of nitrogens with one attached hydrogen (secondary N) is 2. The molecule has 0 bridgehead atoms. The zero-order valence-electron chi connectivity index (χ0n) is 18.1. The van der Waals surface area contributed by atoms with E-state index < -0.39 is 10.0 Å². The average molecular weight is 442 g/mol. The van der Waals surface area contributed by atoms with Crippen molar-refractivity contribution in [2.45, 2.75) is 50.8 Å². The minimum absolute atomic E-state index is 0.0603. The van der Waals surface area contributed by atoms with Crippen LogP contribution in [0.4, 0.5) is 11.5 Å². The lowest BCUT2D eigenvalue weighted by Gasteiger charge is -2.19. The van der Waals surface area contributed by atoms with Crippen LogP contribution in [0.1, 0.15) is 44.1 Å². The Kier molecular flexibility index (Phi) is 6.50. The quantitative estimate of drug-likeness (QED) is 0.556. The second-order valence-electron chi connectivity index (χ2n) is 8.45. The number of rotatable bonds is 7. The molecule has 0 spiro atoms. The Labute approximate surface area is 182 Å². The van der Waals surface area contributed by atoms with Crippen LogP contribution in [-0.4, -0.2) is 19.5 Å². The summed E-state index contributed by atoms with van der Waals surface area (Å²) in [6.45, 7) is 8.16. The van der Waals surface area contributed by atoms with E-state index in [1.807, 2.05) is 0 Å². The summed E-state index contributed by atoms with van der Waals surface area (Å²) >= 11 is 0. The van der Waals surface area contributed by atoms with E-state index in [0.717, 1.165) is 5.56 Å². The van der Waals surface area contributed by atoms with Gasteiger partial charge in [-0.05, 0) is 54.2 Å². The first-order valence-electron chi connectivity index (χ1n) is 9.98. The third-order valence-electron chi connectivity index (χ3n) is 4.78. The van der Waals surface area contributed by atoms with Crippen molar-refractivity contribution in [1.29, 1.82) is 0 Å². The Hall–Kier alpha value is -3.13. The number of hydrogen-bond acceptors (Lipinski definition) is 5. The van der Waals surface area contributed by atoms with Crippen LogP contribution >= 0.6 is 0 Å². The molecular weight excluding hydrogens is 414 g/mol. The summed E-state index contributed by atoms with van der Waals surface area (Å²) in [6, 6.07) is 15.8. The van der Waals surface area contributed by atoms with Crippen LogP contribution in [0.25, 0.3) is 0 Å². The third kappa shape index (κ3) is 6.18. The first kappa shape index (κ1) is 22.6. The van der Waals surface area contributed by atoms with Crippen molar-refractivity contribution in [1.82, 2.24) is 5.16 Å². The number of carbonyl (C=O) groups is 1. The number of nitrogens with zero attached hydrogens (tertiary/aromatic N) is 1. The molecule has 0 atom stereocenters. The minimum atomic E-state index is -3.79. The molecule has 0 aliphatic heterocycles. The van der Waals surface area contributed by atoms with E-state index in [4.69, 9.17) is 4.52 Å². The van der Waals surface area contributed by atoms with Gasteiger partial charge in [0.25, 0.3) is 10.0 Å². The van der Waals surface area contributed by atoms with Gasteiger partial charge in [-0.1, -0.05) is 50.2 Å². The van der Waals surface area contributed by atoms with Gasteiger partial charge in [0.15, 0.2) is 5.82 Å². The zero-order chi connectivity index (χ0) is 22.6. The van der Waals surface area contributed by atoms with Crippen molar-refractivity contribution in [3.05, 3.63) is 71.5 Å². The molecule has 0 fully saturated rings. The Bertz CT molecular complexity index is 1140. The van der Waals surface area contributed by atoms with Crippen LogP contribution in [-0.2, 0) is 26.7 Å². The van der Waals surface area contributed by atoms with Gasteiger partial charge in [-0.2, -0.15) is 0 Å². The summed E-state index contributed by atoms with van der Waals surface area (Å²) in [5.41, 5.74) is 2.98. The van der Waals surface area contributed by atoms with Gasteiger partial charge >= 0.3 is 0 Å². The SMILES string of the molecule is Cc1cc(NS(=O)(=O)c2ccc(NC(=O)CCc3ccc(C(C)(C)C)cc3)cc2)no1. The molecule has 2 N–H and O–H groups in total. The molecule has 164 valence electrons. The molecule has 3 aromatic rings. The molecule has 1 amide bonds. The number of aryl methyl sites for hydroxylation is 2. The lowest BCUT2D eigenvalue weighted by atomic mass is 9.86. The Morgan fingerprint density at radius 1 is 1.03 bits per heavy atom. The fourth-order valence-electron chi connectivity index (χ4n) is 2.98. The molecular formula is C23H27N3O4S. The maximum Gasteiger partial charge on any atom is 0.263 e. The van der Waals surface area contributed by atoms with E-state index in [0.29, 0.717) is 24.3 Å². The van der Waals surface area contributed by atoms with E-state index in [2.05, 4.69) is 60.2 Å². The molecule has 0 saturated heterocycles. The monoisotopic (exact) mass is 441 g/mol. The van der Waals surface area contributed by atoms with Crippen LogP contribution in [0, 0.1) is 6.92 Å². The molecule has 0 unspecified atom stereocenters. The molecule has 0 aliphatic carbocycles. The van der Waals surface area contributed by atoms with E-state index in [-0.39, 0.29) is 22.0 Å². The first-order valence-corrected chi connectivity index (χ1v) is 11.5. The smallest absolute Gasteiger partial charge is 0.263 e. The number of amides is 1. The second-order valence-corrected chi connectivity index (χ2v) is 10.1. The van der Waals surface area contributed by atoms with Crippen molar-refractivity contribution < 1.29 is 17.7 Å². The van der Waals surface area contributed by atoms with E-state index in [9.17, 15) is 13.2 Å². The van der Waals surface area contributed by atoms with Gasteiger partial charge in [-0.25, -0.2) is 8.42 Å². The van der Waals surface area contributed by atoms with Crippen molar-refractivity contribution >= 4 is 27.4 Å². The van der Waals surface area contributed by atoms with Crippen LogP contribution < -0.4 is 10.0 Å².